The molecule has 1 aliphatic rings. The number of thiophene rings is 1. The third-order valence-electron chi connectivity index (χ3n) is 3.43. The van der Waals surface area contributed by atoms with Crippen molar-refractivity contribution in [3.63, 3.8) is 0 Å². The minimum Gasteiger partial charge on any atom is -0.371 e. The Morgan fingerprint density at radius 2 is 2.28 bits per heavy atom. The number of halogens is 1. The molecule has 3 rings (SSSR count). The van der Waals surface area contributed by atoms with E-state index in [2.05, 4.69) is 23.1 Å². The molecule has 1 atom stereocenters. The number of fused-ring (bicyclic) bond motifs is 1. The Labute approximate surface area is 114 Å². The Kier molecular flexibility index (Phi) is 2.92. The maximum Gasteiger partial charge on any atom is 0.222 e. The van der Waals surface area contributed by atoms with Crippen molar-refractivity contribution in [1.82, 2.24) is 0 Å². The first-order valence-electron chi connectivity index (χ1n) is 5.87. The first-order valence-corrected chi connectivity index (χ1v) is 7.06. The summed E-state index contributed by atoms with van der Waals surface area (Å²) in [6.07, 6.45) is 0.846. The molecule has 1 saturated heterocycles. The van der Waals surface area contributed by atoms with Gasteiger partial charge in [-0.05, 0) is 30.0 Å². The summed E-state index contributed by atoms with van der Waals surface area (Å²) < 4.78 is 1.98. The van der Waals surface area contributed by atoms with Gasteiger partial charge in [-0.25, -0.2) is 0 Å². The number of hydrogen-bond donors (Lipinski definition) is 1. The van der Waals surface area contributed by atoms with Crippen molar-refractivity contribution in [1.29, 1.82) is 0 Å². The number of carbonyl (C=O) groups excluding carboxylic acids is 1. The monoisotopic (exact) mass is 280 g/mol. The summed E-state index contributed by atoms with van der Waals surface area (Å²) >= 11 is 7.58. The number of benzene rings is 1. The second-order valence-electron chi connectivity index (χ2n) is 4.61. The van der Waals surface area contributed by atoms with Crippen LogP contribution in [0.5, 0.6) is 0 Å². The third-order valence-corrected chi connectivity index (χ3v) is 4.66. The molecule has 0 bridgehead atoms. The molecule has 1 aromatic heterocycles. The van der Waals surface area contributed by atoms with E-state index in [-0.39, 0.29) is 11.8 Å². The highest BCUT2D eigenvalue weighted by molar-refractivity contribution is 7.22. The SMILES string of the molecule is NC(=O)C1CCN(c2ccc3cc(Cl)sc3c2)C1. The molecule has 94 valence electrons. The van der Waals surface area contributed by atoms with Gasteiger partial charge in [-0.15, -0.1) is 11.3 Å². The van der Waals surface area contributed by atoms with Crippen LogP contribution in [0.2, 0.25) is 4.34 Å². The maximum absolute atomic E-state index is 11.2. The van der Waals surface area contributed by atoms with Gasteiger partial charge in [0, 0.05) is 23.5 Å². The van der Waals surface area contributed by atoms with E-state index < -0.39 is 0 Å². The van der Waals surface area contributed by atoms with Crippen molar-refractivity contribution in [3.05, 3.63) is 28.6 Å². The Balaban J connectivity index is 1.88. The normalized spacial score (nSPS) is 19.6. The largest absolute Gasteiger partial charge is 0.371 e. The summed E-state index contributed by atoms with van der Waals surface area (Å²) in [5.41, 5.74) is 6.49. The molecule has 0 aliphatic carbocycles. The summed E-state index contributed by atoms with van der Waals surface area (Å²) in [6.45, 7) is 1.61. The van der Waals surface area contributed by atoms with Gasteiger partial charge in [0.1, 0.15) is 0 Å². The smallest absolute Gasteiger partial charge is 0.222 e. The van der Waals surface area contributed by atoms with Crippen molar-refractivity contribution in [2.24, 2.45) is 11.7 Å². The van der Waals surface area contributed by atoms with Crippen LogP contribution in [0.4, 0.5) is 5.69 Å². The van der Waals surface area contributed by atoms with Crippen LogP contribution in [0.3, 0.4) is 0 Å². The highest BCUT2D eigenvalue weighted by atomic mass is 35.5. The summed E-state index contributed by atoms with van der Waals surface area (Å²) in [5.74, 6) is -0.217. The van der Waals surface area contributed by atoms with Crippen LogP contribution in [0.15, 0.2) is 24.3 Å². The van der Waals surface area contributed by atoms with Crippen LogP contribution < -0.4 is 10.6 Å². The van der Waals surface area contributed by atoms with Gasteiger partial charge in [-0.3, -0.25) is 4.79 Å². The van der Waals surface area contributed by atoms with Gasteiger partial charge in [0.25, 0.3) is 0 Å². The Hall–Kier alpha value is -1.26. The number of rotatable bonds is 2. The van der Waals surface area contributed by atoms with Gasteiger partial charge < -0.3 is 10.6 Å². The first kappa shape index (κ1) is 11.8. The maximum atomic E-state index is 11.2. The first-order chi connectivity index (χ1) is 8.63. The summed E-state index contributed by atoms with van der Waals surface area (Å²) in [7, 11) is 0. The van der Waals surface area contributed by atoms with Gasteiger partial charge in [0.2, 0.25) is 5.91 Å². The molecule has 18 heavy (non-hydrogen) atoms. The van der Waals surface area contributed by atoms with Gasteiger partial charge in [0.15, 0.2) is 0 Å². The average molecular weight is 281 g/mol. The number of nitrogens with zero attached hydrogens (tertiary/aromatic N) is 1. The van der Waals surface area contributed by atoms with Crippen molar-refractivity contribution in [3.8, 4) is 0 Å². The highest BCUT2D eigenvalue weighted by Crippen LogP contribution is 2.33. The van der Waals surface area contributed by atoms with Crippen molar-refractivity contribution in [2.75, 3.05) is 18.0 Å². The van der Waals surface area contributed by atoms with E-state index in [4.69, 9.17) is 17.3 Å². The minimum atomic E-state index is -0.197. The molecule has 1 aromatic carbocycles. The lowest BCUT2D eigenvalue weighted by Crippen LogP contribution is -2.27. The average Bonchev–Trinajstić information content (AvgIpc) is 2.91. The summed E-state index contributed by atoms with van der Waals surface area (Å²) in [6, 6.07) is 8.26. The lowest BCUT2D eigenvalue weighted by atomic mass is 10.1. The van der Waals surface area contributed by atoms with E-state index in [0.717, 1.165) is 29.5 Å². The predicted octanol–water partition coefficient (Wildman–Crippen LogP) is 2.87. The molecule has 1 fully saturated rings. The van der Waals surface area contributed by atoms with E-state index in [1.54, 1.807) is 11.3 Å². The molecule has 2 N–H and O–H groups in total. The molecular weight excluding hydrogens is 268 g/mol. The number of nitrogens with two attached hydrogens (primary N) is 1. The van der Waals surface area contributed by atoms with Gasteiger partial charge in [0.05, 0.1) is 10.3 Å². The van der Waals surface area contributed by atoms with Crippen molar-refractivity contribution < 1.29 is 4.79 Å². The Morgan fingerprint density at radius 3 is 3.00 bits per heavy atom. The minimum absolute atomic E-state index is 0.0207. The number of carbonyl (C=O) groups is 1. The van der Waals surface area contributed by atoms with Gasteiger partial charge >= 0.3 is 0 Å². The lowest BCUT2D eigenvalue weighted by molar-refractivity contribution is -0.121. The van der Waals surface area contributed by atoms with E-state index in [9.17, 15) is 4.79 Å². The van der Waals surface area contributed by atoms with Crippen LogP contribution in [0.1, 0.15) is 6.42 Å². The number of primary amides is 1. The number of amides is 1. The molecule has 1 amide bonds. The van der Waals surface area contributed by atoms with E-state index in [1.165, 1.54) is 10.1 Å². The zero-order chi connectivity index (χ0) is 12.7. The van der Waals surface area contributed by atoms with Crippen molar-refractivity contribution >= 4 is 44.6 Å². The molecule has 2 aromatic rings. The molecule has 3 nitrogen and oxygen atoms in total. The molecule has 0 spiro atoms. The molecule has 1 unspecified atom stereocenters. The Bertz CT molecular complexity index is 610. The fourth-order valence-electron chi connectivity index (χ4n) is 2.41. The van der Waals surface area contributed by atoms with Crippen LogP contribution >= 0.6 is 22.9 Å². The fraction of sp³-hybridized carbons (Fsp3) is 0.308. The molecule has 2 heterocycles. The molecule has 5 heteroatoms. The van der Waals surface area contributed by atoms with Crippen LogP contribution in [0, 0.1) is 5.92 Å². The van der Waals surface area contributed by atoms with Gasteiger partial charge in [-0.2, -0.15) is 0 Å². The third kappa shape index (κ3) is 2.06. The lowest BCUT2D eigenvalue weighted by Gasteiger charge is -2.18. The molecule has 1 aliphatic heterocycles. The summed E-state index contributed by atoms with van der Waals surface area (Å²) in [5, 5.41) is 1.17. The fourth-order valence-corrected chi connectivity index (χ4v) is 3.60. The predicted molar refractivity (Wildman–Crippen MR) is 76.3 cm³/mol. The van der Waals surface area contributed by atoms with Gasteiger partial charge in [-0.1, -0.05) is 17.7 Å². The van der Waals surface area contributed by atoms with Crippen LogP contribution in [0.25, 0.3) is 10.1 Å². The number of anilines is 1. The second-order valence-corrected chi connectivity index (χ2v) is 6.32. The van der Waals surface area contributed by atoms with Crippen LogP contribution in [-0.4, -0.2) is 19.0 Å². The van der Waals surface area contributed by atoms with Crippen LogP contribution in [-0.2, 0) is 4.79 Å². The van der Waals surface area contributed by atoms with E-state index in [1.807, 2.05) is 6.07 Å². The highest BCUT2D eigenvalue weighted by Gasteiger charge is 2.26. The van der Waals surface area contributed by atoms with E-state index >= 15 is 0 Å². The zero-order valence-corrected chi connectivity index (χ0v) is 11.3. The van der Waals surface area contributed by atoms with E-state index in [0.29, 0.717) is 0 Å². The standard InChI is InChI=1S/C13H13ClN2OS/c14-12-5-8-1-2-10(6-11(8)18-12)16-4-3-9(7-16)13(15)17/h1-2,5-6,9H,3-4,7H2,(H2,15,17). The second kappa shape index (κ2) is 4.44. The Morgan fingerprint density at radius 1 is 1.44 bits per heavy atom. The summed E-state index contributed by atoms with van der Waals surface area (Å²) in [4.78, 5) is 13.4. The topological polar surface area (TPSA) is 46.3 Å². The molecule has 0 radical (unpaired) electrons. The van der Waals surface area contributed by atoms with Crippen molar-refractivity contribution in [2.45, 2.75) is 6.42 Å². The quantitative estimate of drug-likeness (QED) is 0.919. The zero-order valence-electron chi connectivity index (χ0n) is 9.73. The number of hydrogen-bond acceptors (Lipinski definition) is 3. The molecule has 0 saturated carbocycles. The molecular formula is C13H13ClN2OS.